The Balaban J connectivity index is 2.55. The molecule has 1 aliphatic heterocycles. The zero-order valence-electron chi connectivity index (χ0n) is 10.4. The van der Waals surface area contributed by atoms with E-state index in [0.29, 0.717) is 29.6 Å². The lowest BCUT2D eigenvalue weighted by Crippen LogP contribution is -2.53. The van der Waals surface area contributed by atoms with Crippen LogP contribution in [0.2, 0.25) is 0 Å². The summed E-state index contributed by atoms with van der Waals surface area (Å²) in [5, 5.41) is 3.51. The Kier molecular flexibility index (Phi) is 3.59. The third kappa shape index (κ3) is 2.71. The van der Waals surface area contributed by atoms with Crippen LogP contribution in [0, 0.1) is 11.3 Å². The van der Waals surface area contributed by atoms with E-state index in [-0.39, 0.29) is 0 Å². The van der Waals surface area contributed by atoms with Gasteiger partial charge in [0.05, 0.1) is 12.2 Å². The van der Waals surface area contributed by atoms with E-state index in [4.69, 9.17) is 4.74 Å². The van der Waals surface area contributed by atoms with Crippen LogP contribution in [0.3, 0.4) is 0 Å². The maximum atomic E-state index is 6.02. The summed E-state index contributed by atoms with van der Waals surface area (Å²) in [4.78, 5) is 0. The monoisotopic (exact) mass is 199 g/mol. The molecule has 1 N–H and O–H groups in total. The van der Waals surface area contributed by atoms with E-state index in [0.717, 1.165) is 6.54 Å². The molecule has 2 heteroatoms. The molecule has 0 aromatic heterocycles. The van der Waals surface area contributed by atoms with Crippen molar-refractivity contribution in [3.63, 3.8) is 0 Å². The Morgan fingerprint density at radius 2 is 1.86 bits per heavy atom. The summed E-state index contributed by atoms with van der Waals surface area (Å²) in [5.74, 6) is 0.588. The van der Waals surface area contributed by atoms with Crippen LogP contribution in [-0.4, -0.2) is 24.8 Å². The first-order valence-corrected chi connectivity index (χ1v) is 5.71. The number of hydrogen-bond donors (Lipinski definition) is 1. The number of rotatable bonds is 1. The van der Waals surface area contributed by atoms with Gasteiger partial charge in [-0.15, -0.1) is 0 Å². The number of morpholine rings is 1. The molecule has 4 unspecified atom stereocenters. The number of ether oxygens (including phenoxy) is 1. The van der Waals surface area contributed by atoms with Gasteiger partial charge in [0.2, 0.25) is 0 Å². The molecule has 0 bridgehead atoms. The smallest absolute Gasteiger partial charge is 0.0734 e. The quantitative estimate of drug-likeness (QED) is 0.700. The van der Waals surface area contributed by atoms with Gasteiger partial charge < -0.3 is 10.1 Å². The van der Waals surface area contributed by atoms with E-state index in [1.165, 1.54) is 0 Å². The van der Waals surface area contributed by atoms with Gasteiger partial charge in [-0.25, -0.2) is 0 Å². The van der Waals surface area contributed by atoms with Crippen LogP contribution in [0.5, 0.6) is 0 Å². The fraction of sp³-hybridized carbons (Fsp3) is 1.00. The molecule has 14 heavy (non-hydrogen) atoms. The molecular weight excluding hydrogens is 174 g/mol. The van der Waals surface area contributed by atoms with Crippen molar-refractivity contribution >= 4 is 0 Å². The van der Waals surface area contributed by atoms with E-state index in [2.05, 4.69) is 46.9 Å². The van der Waals surface area contributed by atoms with Gasteiger partial charge in [-0.1, -0.05) is 27.7 Å². The Morgan fingerprint density at radius 1 is 1.29 bits per heavy atom. The second-order valence-corrected chi connectivity index (χ2v) is 5.73. The van der Waals surface area contributed by atoms with E-state index >= 15 is 0 Å². The fourth-order valence-corrected chi connectivity index (χ4v) is 1.76. The van der Waals surface area contributed by atoms with Gasteiger partial charge in [0.25, 0.3) is 0 Å². The molecule has 4 atom stereocenters. The van der Waals surface area contributed by atoms with Crippen LogP contribution in [0.15, 0.2) is 0 Å². The zero-order chi connectivity index (χ0) is 10.9. The molecular formula is C12H25NO. The maximum absolute atomic E-state index is 6.02. The van der Waals surface area contributed by atoms with Crippen molar-refractivity contribution in [1.29, 1.82) is 0 Å². The minimum atomic E-state index is 0.326. The van der Waals surface area contributed by atoms with Crippen LogP contribution >= 0.6 is 0 Å². The summed E-state index contributed by atoms with van der Waals surface area (Å²) in [6.07, 6.45) is 0.694. The molecule has 0 aliphatic carbocycles. The third-order valence-electron chi connectivity index (χ3n) is 3.66. The predicted molar refractivity (Wildman–Crippen MR) is 60.4 cm³/mol. The first-order valence-electron chi connectivity index (χ1n) is 5.71. The highest BCUT2D eigenvalue weighted by atomic mass is 16.5. The summed E-state index contributed by atoms with van der Waals surface area (Å²) >= 11 is 0. The van der Waals surface area contributed by atoms with Crippen LogP contribution in [0.4, 0.5) is 0 Å². The average molecular weight is 199 g/mol. The summed E-state index contributed by atoms with van der Waals surface area (Å²) < 4.78 is 6.02. The largest absolute Gasteiger partial charge is 0.372 e. The number of hydrogen-bond acceptors (Lipinski definition) is 2. The topological polar surface area (TPSA) is 21.3 Å². The molecule has 0 radical (unpaired) electrons. The van der Waals surface area contributed by atoms with Gasteiger partial charge in [-0.05, 0) is 25.2 Å². The molecule has 1 aliphatic rings. The summed E-state index contributed by atoms with van der Waals surface area (Å²) in [7, 11) is 0. The van der Waals surface area contributed by atoms with E-state index in [1.807, 2.05) is 0 Å². The lowest BCUT2D eigenvalue weighted by atomic mass is 9.78. The molecule has 84 valence electrons. The van der Waals surface area contributed by atoms with Crippen molar-refractivity contribution in [1.82, 2.24) is 5.32 Å². The highest BCUT2D eigenvalue weighted by Crippen LogP contribution is 2.31. The summed E-state index contributed by atoms with van der Waals surface area (Å²) in [5.41, 5.74) is 0.326. The Labute approximate surface area is 88.4 Å². The molecule has 0 saturated carbocycles. The number of nitrogens with one attached hydrogen (secondary N) is 1. The normalized spacial score (nSPS) is 36.9. The standard InChI is InChI=1S/C12H25NO/c1-8(12(4,5)6)11-7-13-9(2)10(3)14-11/h8-11,13H,7H2,1-6H3. The molecule has 1 fully saturated rings. The maximum Gasteiger partial charge on any atom is 0.0734 e. The van der Waals surface area contributed by atoms with Crippen LogP contribution < -0.4 is 5.32 Å². The molecule has 1 rings (SSSR count). The van der Waals surface area contributed by atoms with E-state index in [1.54, 1.807) is 0 Å². The second-order valence-electron chi connectivity index (χ2n) is 5.73. The van der Waals surface area contributed by atoms with Gasteiger partial charge in [-0.2, -0.15) is 0 Å². The van der Waals surface area contributed by atoms with Crippen molar-refractivity contribution in [3.8, 4) is 0 Å². The van der Waals surface area contributed by atoms with Gasteiger partial charge in [-0.3, -0.25) is 0 Å². The fourth-order valence-electron chi connectivity index (χ4n) is 1.76. The summed E-state index contributed by atoms with van der Waals surface area (Å²) in [6.45, 7) is 14.5. The third-order valence-corrected chi connectivity index (χ3v) is 3.66. The van der Waals surface area contributed by atoms with Gasteiger partial charge in [0.1, 0.15) is 0 Å². The van der Waals surface area contributed by atoms with Crippen LogP contribution in [-0.2, 0) is 4.74 Å². The first kappa shape index (κ1) is 12.0. The van der Waals surface area contributed by atoms with Crippen molar-refractivity contribution in [2.45, 2.75) is 59.8 Å². The molecule has 2 nitrogen and oxygen atoms in total. The van der Waals surface area contributed by atoms with Crippen LogP contribution in [0.25, 0.3) is 0 Å². The highest BCUT2D eigenvalue weighted by molar-refractivity contribution is 4.85. The minimum Gasteiger partial charge on any atom is -0.372 e. The zero-order valence-corrected chi connectivity index (χ0v) is 10.4. The minimum absolute atomic E-state index is 0.326. The first-order chi connectivity index (χ1) is 6.32. The molecule has 0 aromatic rings. The SMILES string of the molecule is CC1NCC(C(C)C(C)(C)C)OC1C. The lowest BCUT2D eigenvalue weighted by Gasteiger charge is -2.41. The van der Waals surface area contributed by atoms with Crippen molar-refractivity contribution in [3.05, 3.63) is 0 Å². The lowest BCUT2D eigenvalue weighted by molar-refractivity contribution is -0.0922. The van der Waals surface area contributed by atoms with Crippen molar-refractivity contribution in [2.24, 2.45) is 11.3 Å². The van der Waals surface area contributed by atoms with Crippen LogP contribution in [0.1, 0.15) is 41.5 Å². The van der Waals surface area contributed by atoms with Crippen molar-refractivity contribution in [2.75, 3.05) is 6.54 Å². The van der Waals surface area contributed by atoms with Gasteiger partial charge in [0, 0.05) is 12.6 Å². The van der Waals surface area contributed by atoms with Gasteiger partial charge in [0.15, 0.2) is 0 Å². The summed E-state index contributed by atoms with van der Waals surface area (Å²) in [6, 6.07) is 0.485. The second kappa shape index (κ2) is 4.19. The van der Waals surface area contributed by atoms with Gasteiger partial charge >= 0.3 is 0 Å². The Morgan fingerprint density at radius 3 is 2.29 bits per heavy atom. The van der Waals surface area contributed by atoms with Crippen molar-refractivity contribution < 1.29 is 4.74 Å². The molecule has 1 heterocycles. The Hall–Kier alpha value is -0.0800. The predicted octanol–water partition coefficient (Wildman–Crippen LogP) is 2.43. The highest BCUT2D eigenvalue weighted by Gasteiger charge is 2.33. The van der Waals surface area contributed by atoms with E-state index < -0.39 is 0 Å². The molecule has 1 saturated heterocycles. The average Bonchev–Trinajstić information content (AvgIpc) is 2.07. The molecule has 0 spiro atoms. The molecule has 0 amide bonds. The molecule has 0 aromatic carbocycles. The Bertz CT molecular complexity index is 185. The van der Waals surface area contributed by atoms with E-state index in [9.17, 15) is 0 Å².